The van der Waals surface area contributed by atoms with Crippen LogP contribution in [0.5, 0.6) is 0 Å². The first-order chi connectivity index (χ1) is 12.7. The summed E-state index contributed by atoms with van der Waals surface area (Å²) in [5, 5.41) is 0. The lowest BCUT2D eigenvalue weighted by molar-refractivity contribution is 0.543. The largest absolute Gasteiger partial charge is 0.130 e. The summed E-state index contributed by atoms with van der Waals surface area (Å²) in [7, 11) is 0. The molecule has 2 aromatic rings. The van der Waals surface area contributed by atoms with Crippen molar-refractivity contribution in [3.8, 4) is 0 Å². The van der Waals surface area contributed by atoms with Gasteiger partial charge in [0.05, 0.1) is 10.3 Å². The smallest absolute Gasteiger partial charge is 0.0714 e. The molecule has 0 fully saturated rings. The van der Waals surface area contributed by atoms with Gasteiger partial charge < -0.3 is 0 Å². The Morgan fingerprint density at radius 1 is 0.731 bits per heavy atom. The van der Waals surface area contributed by atoms with Crippen LogP contribution in [0.15, 0.2) is 60.7 Å². The normalized spacial score (nSPS) is 11.8. The van der Waals surface area contributed by atoms with E-state index in [2.05, 4.69) is 92.1 Å². The van der Waals surface area contributed by atoms with E-state index in [0.29, 0.717) is 0 Å². The van der Waals surface area contributed by atoms with Gasteiger partial charge in [-0.05, 0) is 17.5 Å². The summed E-state index contributed by atoms with van der Waals surface area (Å²) in [6.45, 7) is 2.28. The highest BCUT2D eigenvalue weighted by atomic mass is 33.3. The Balaban J connectivity index is 2.17. The minimum absolute atomic E-state index is 0.0544. The third kappa shape index (κ3) is 6.82. The van der Waals surface area contributed by atoms with Gasteiger partial charge in [0.25, 0.3) is 0 Å². The van der Waals surface area contributed by atoms with E-state index in [0.717, 1.165) is 6.42 Å². The summed E-state index contributed by atoms with van der Waals surface area (Å²) in [5.74, 6) is 0. The van der Waals surface area contributed by atoms with Gasteiger partial charge in [0.1, 0.15) is 0 Å². The molecule has 0 aliphatic heterocycles. The topological polar surface area (TPSA) is 0 Å². The van der Waals surface area contributed by atoms with Gasteiger partial charge in [-0.15, -0.1) is 24.5 Å². The first-order valence-electron chi connectivity index (χ1n) is 9.67. The minimum atomic E-state index is -0.663. The Labute approximate surface area is 175 Å². The number of hydrogen-bond donors (Lipinski definition) is 2. The van der Waals surface area contributed by atoms with Crippen molar-refractivity contribution in [2.24, 2.45) is 0 Å². The summed E-state index contributed by atoms with van der Waals surface area (Å²) in [6.07, 6.45) is 10.5. The zero-order valence-electron chi connectivity index (χ0n) is 15.7. The highest BCUT2D eigenvalue weighted by Crippen LogP contribution is 2.68. The highest BCUT2D eigenvalue weighted by molar-refractivity contribution is 9.06. The molecule has 0 nitrogen and oxygen atoms in total. The van der Waals surface area contributed by atoms with Gasteiger partial charge in [0, 0.05) is 0 Å². The van der Waals surface area contributed by atoms with Crippen LogP contribution in [-0.4, -0.2) is 0 Å². The third-order valence-corrected chi connectivity index (χ3v) is 8.90. The summed E-state index contributed by atoms with van der Waals surface area (Å²) < 4.78 is -0.0544. The number of thiol groups is 2. The minimum Gasteiger partial charge on any atom is -0.130 e. The molecule has 2 aromatic carbocycles. The molecular weight excluding hydrogens is 391 g/mol. The second kappa shape index (κ2) is 12.4. The van der Waals surface area contributed by atoms with Gasteiger partial charge >= 0.3 is 0 Å². The number of benzene rings is 2. The fourth-order valence-corrected chi connectivity index (χ4v) is 8.74. The Kier molecular flexibility index (Phi) is 10.6. The predicted octanol–water partition coefficient (Wildman–Crippen LogP) is 8.89. The average molecular weight is 423 g/mol. The maximum atomic E-state index is 4.69. The van der Waals surface area contributed by atoms with Gasteiger partial charge in [-0.3, -0.25) is 0 Å². The van der Waals surface area contributed by atoms with Crippen LogP contribution in [0.3, 0.4) is 0 Å². The van der Waals surface area contributed by atoms with Gasteiger partial charge in [-0.25, -0.2) is 0 Å². The molecule has 142 valence electrons. The molecule has 0 radical (unpaired) electrons. The molecule has 0 aromatic heterocycles. The molecule has 0 aliphatic carbocycles. The van der Waals surface area contributed by atoms with E-state index < -0.39 is 5.53 Å². The van der Waals surface area contributed by atoms with E-state index in [9.17, 15) is 0 Å². The van der Waals surface area contributed by atoms with Crippen LogP contribution in [0.2, 0.25) is 0 Å². The van der Waals surface area contributed by atoms with Crippen LogP contribution in [0.1, 0.15) is 69.4 Å². The molecule has 0 amide bonds. The van der Waals surface area contributed by atoms with Crippen molar-refractivity contribution in [1.82, 2.24) is 0 Å². The lowest BCUT2D eigenvalue weighted by Crippen LogP contribution is -2.23. The molecule has 0 aliphatic rings. The molecule has 0 atom stereocenters. The van der Waals surface area contributed by atoms with Crippen LogP contribution >= 0.6 is 41.4 Å². The molecule has 26 heavy (non-hydrogen) atoms. The highest BCUT2D eigenvalue weighted by Gasteiger charge is 2.36. The monoisotopic (exact) mass is 422 g/mol. The Hall–Kier alpha value is -0.0800. The van der Waals surface area contributed by atoms with E-state index in [1.54, 1.807) is 0 Å². The maximum Gasteiger partial charge on any atom is 0.0714 e. The SMILES string of the molecule is CCCCCCCCCC(SP(S)S)(c1ccccc1)c1ccccc1. The molecule has 0 heterocycles. The molecule has 0 unspecified atom stereocenters. The zero-order chi connectivity index (χ0) is 18.7. The van der Waals surface area contributed by atoms with Crippen LogP contribution in [0, 0.1) is 0 Å². The van der Waals surface area contributed by atoms with Crippen LogP contribution in [0.25, 0.3) is 0 Å². The molecule has 0 bridgehead atoms. The molecule has 2 rings (SSSR count). The fourth-order valence-electron chi connectivity index (χ4n) is 3.49. The second-order valence-electron chi connectivity index (χ2n) is 6.77. The van der Waals surface area contributed by atoms with E-state index >= 15 is 0 Å². The number of rotatable bonds is 12. The summed E-state index contributed by atoms with van der Waals surface area (Å²) in [5.41, 5.74) is 2.08. The van der Waals surface area contributed by atoms with Gasteiger partial charge in [0.2, 0.25) is 0 Å². The number of hydrogen-bond acceptors (Lipinski definition) is 3. The van der Waals surface area contributed by atoms with E-state index in [4.69, 9.17) is 0 Å². The Morgan fingerprint density at radius 2 is 1.19 bits per heavy atom. The molecule has 0 spiro atoms. The maximum absolute atomic E-state index is 4.69. The quantitative estimate of drug-likeness (QED) is 0.196. The lowest BCUT2D eigenvalue weighted by Gasteiger charge is -2.35. The van der Waals surface area contributed by atoms with E-state index in [1.165, 1.54) is 56.1 Å². The molecular formula is C22H31PS3. The molecule has 0 saturated carbocycles. The first kappa shape index (κ1) is 22.2. The third-order valence-electron chi connectivity index (χ3n) is 4.85. The van der Waals surface area contributed by atoms with Crippen molar-refractivity contribution in [2.75, 3.05) is 0 Å². The predicted molar refractivity (Wildman–Crippen MR) is 129 cm³/mol. The number of unbranched alkanes of at least 4 members (excludes halogenated alkanes) is 6. The van der Waals surface area contributed by atoms with Crippen molar-refractivity contribution in [3.05, 3.63) is 71.8 Å². The second-order valence-corrected chi connectivity index (χ2v) is 14.8. The van der Waals surface area contributed by atoms with Crippen molar-refractivity contribution < 1.29 is 0 Å². The molecule has 0 N–H and O–H groups in total. The van der Waals surface area contributed by atoms with Crippen LogP contribution in [0.4, 0.5) is 0 Å². The van der Waals surface area contributed by atoms with Crippen LogP contribution < -0.4 is 0 Å². The van der Waals surface area contributed by atoms with Gasteiger partial charge in [-0.2, -0.15) is 0 Å². The standard InChI is InChI=1S/C22H31PS3/c1-2-3-4-5-6-7-14-19-22(26-23(24)25,20-15-10-8-11-16-20)21-17-12-9-13-18-21/h8-13,15-18,24-25H,2-7,14,19H2,1H3. The fraction of sp³-hybridized carbons (Fsp3) is 0.455. The summed E-state index contributed by atoms with van der Waals surface area (Å²) >= 11 is 11.3. The van der Waals surface area contributed by atoms with Gasteiger partial charge in [-0.1, -0.05) is 124 Å². The molecule has 4 heteroatoms. The average Bonchev–Trinajstić information content (AvgIpc) is 2.67. The van der Waals surface area contributed by atoms with Gasteiger partial charge in [0.15, 0.2) is 0 Å². The Morgan fingerprint density at radius 3 is 1.65 bits per heavy atom. The summed E-state index contributed by atoms with van der Waals surface area (Å²) in [4.78, 5) is 0. The first-order valence-corrected chi connectivity index (χ1v) is 14.7. The molecule has 0 saturated heterocycles. The Bertz CT molecular complexity index is 562. The van der Waals surface area contributed by atoms with Crippen molar-refractivity contribution in [3.63, 3.8) is 0 Å². The zero-order valence-corrected chi connectivity index (χ0v) is 19.2. The van der Waals surface area contributed by atoms with E-state index in [-0.39, 0.29) is 4.75 Å². The summed E-state index contributed by atoms with van der Waals surface area (Å²) in [6, 6.07) is 21.9. The van der Waals surface area contributed by atoms with Crippen molar-refractivity contribution in [1.29, 1.82) is 0 Å². The van der Waals surface area contributed by atoms with Crippen LogP contribution in [-0.2, 0) is 4.75 Å². The van der Waals surface area contributed by atoms with E-state index in [1.807, 2.05) is 11.4 Å². The van der Waals surface area contributed by atoms with Crippen molar-refractivity contribution in [2.45, 2.75) is 63.0 Å². The lowest BCUT2D eigenvalue weighted by atomic mass is 9.85. The van der Waals surface area contributed by atoms with Crippen molar-refractivity contribution >= 4 is 41.4 Å².